The van der Waals surface area contributed by atoms with Gasteiger partial charge in [-0.2, -0.15) is 0 Å². The van der Waals surface area contributed by atoms with Crippen LogP contribution >= 0.6 is 11.3 Å². The van der Waals surface area contributed by atoms with Crippen molar-refractivity contribution < 1.29 is 14.6 Å². The molecule has 1 aliphatic heterocycles. The van der Waals surface area contributed by atoms with Gasteiger partial charge in [0.1, 0.15) is 11.4 Å². The predicted octanol–water partition coefficient (Wildman–Crippen LogP) is 5.02. The third-order valence-corrected chi connectivity index (χ3v) is 6.46. The van der Waals surface area contributed by atoms with Crippen molar-refractivity contribution in [2.75, 3.05) is 25.1 Å². The van der Waals surface area contributed by atoms with E-state index < -0.39 is 9.85 Å². The van der Waals surface area contributed by atoms with Crippen LogP contribution in [0.25, 0.3) is 11.3 Å². The van der Waals surface area contributed by atoms with Gasteiger partial charge in [-0.3, -0.25) is 20.2 Å². The molecule has 2 aromatic carbocycles. The molecular weight excluding hydrogens is 420 g/mol. The van der Waals surface area contributed by atoms with E-state index in [1.54, 1.807) is 18.4 Å². The molecule has 2 heterocycles. The van der Waals surface area contributed by atoms with Crippen molar-refractivity contribution in [3.05, 3.63) is 73.1 Å². The molecule has 9 nitrogen and oxygen atoms in total. The van der Waals surface area contributed by atoms with Gasteiger partial charge in [0, 0.05) is 36.0 Å². The number of non-ortho nitro benzene ring substituents is 1. The molecule has 1 fully saturated rings. The number of nitro groups is 2. The number of rotatable bonds is 6. The Kier molecular flexibility index (Phi) is 5.81. The van der Waals surface area contributed by atoms with Gasteiger partial charge in [0.15, 0.2) is 0 Å². The molecule has 31 heavy (non-hydrogen) atoms. The number of methoxy groups -OCH3 is 1. The van der Waals surface area contributed by atoms with Gasteiger partial charge in [-0.05, 0) is 31.0 Å². The van der Waals surface area contributed by atoms with Crippen molar-refractivity contribution in [1.29, 1.82) is 0 Å². The van der Waals surface area contributed by atoms with Gasteiger partial charge in [-0.1, -0.05) is 12.1 Å². The summed E-state index contributed by atoms with van der Waals surface area (Å²) in [4.78, 5) is 28.0. The lowest BCUT2D eigenvalue weighted by atomic mass is 9.97. The summed E-state index contributed by atoms with van der Waals surface area (Å²) in [5, 5.41) is 25.5. The van der Waals surface area contributed by atoms with E-state index in [0.717, 1.165) is 40.9 Å². The largest absolute Gasteiger partial charge is 0.496 e. The molecule has 0 aliphatic carbocycles. The number of benzene rings is 2. The average molecular weight is 440 g/mol. The fraction of sp³-hybridized carbons (Fsp3) is 0.286. The Hall–Kier alpha value is -3.53. The summed E-state index contributed by atoms with van der Waals surface area (Å²) in [6, 6.07) is 11.6. The second-order valence-corrected chi connectivity index (χ2v) is 8.11. The van der Waals surface area contributed by atoms with E-state index in [-0.39, 0.29) is 17.3 Å². The van der Waals surface area contributed by atoms with E-state index >= 15 is 0 Å². The molecule has 0 atom stereocenters. The summed E-state index contributed by atoms with van der Waals surface area (Å²) in [5.74, 6) is 1.04. The van der Waals surface area contributed by atoms with Crippen LogP contribution in [0.5, 0.6) is 5.75 Å². The van der Waals surface area contributed by atoms with Crippen LogP contribution in [0.1, 0.15) is 23.8 Å². The molecule has 160 valence electrons. The maximum absolute atomic E-state index is 11.5. The number of hydrogen-bond donors (Lipinski definition) is 0. The first-order chi connectivity index (χ1) is 15.0. The third kappa shape index (κ3) is 4.19. The molecule has 1 aliphatic rings. The van der Waals surface area contributed by atoms with Crippen molar-refractivity contribution in [3.63, 3.8) is 0 Å². The smallest absolute Gasteiger partial charge is 0.299 e. The Morgan fingerprint density at radius 2 is 1.84 bits per heavy atom. The molecule has 0 spiro atoms. The molecule has 1 aromatic heterocycles. The number of anilines is 1. The minimum Gasteiger partial charge on any atom is -0.496 e. The minimum absolute atomic E-state index is 0.236. The monoisotopic (exact) mass is 440 g/mol. The molecular formula is C21H20N4O5S. The van der Waals surface area contributed by atoms with Crippen LogP contribution in [-0.2, 0) is 0 Å². The highest BCUT2D eigenvalue weighted by molar-refractivity contribution is 7.10. The lowest BCUT2D eigenvalue weighted by molar-refractivity contribution is -0.393. The first-order valence-corrected chi connectivity index (χ1v) is 10.6. The second kappa shape index (κ2) is 8.68. The molecule has 3 aromatic rings. The zero-order valence-corrected chi connectivity index (χ0v) is 17.6. The Bertz CT molecular complexity index is 1120. The molecule has 0 radical (unpaired) electrons. The number of nitro benzene ring substituents is 2. The van der Waals surface area contributed by atoms with Gasteiger partial charge in [-0.25, -0.2) is 4.98 Å². The zero-order valence-electron chi connectivity index (χ0n) is 16.8. The molecule has 10 heteroatoms. The summed E-state index contributed by atoms with van der Waals surface area (Å²) < 4.78 is 5.43. The molecule has 0 unspecified atom stereocenters. The summed E-state index contributed by atoms with van der Waals surface area (Å²) in [6.07, 6.45) is 1.60. The highest BCUT2D eigenvalue weighted by Crippen LogP contribution is 2.39. The Morgan fingerprint density at radius 1 is 1.10 bits per heavy atom. The van der Waals surface area contributed by atoms with Gasteiger partial charge in [-0.15, -0.1) is 11.3 Å². The molecule has 4 rings (SSSR count). The van der Waals surface area contributed by atoms with Crippen molar-refractivity contribution in [3.8, 4) is 17.0 Å². The topological polar surface area (TPSA) is 112 Å². The van der Waals surface area contributed by atoms with Crippen molar-refractivity contribution in [1.82, 2.24) is 4.98 Å². The van der Waals surface area contributed by atoms with Crippen LogP contribution in [0.15, 0.2) is 47.8 Å². The highest BCUT2D eigenvalue weighted by atomic mass is 32.1. The van der Waals surface area contributed by atoms with Crippen LogP contribution in [0.2, 0.25) is 0 Å². The van der Waals surface area contributed by atoms with Gasteiger partial charge in [0.05, 0.1) is 33.7 Å². The first-order valence-electron chi connectivity index (χ1n) is 9.74. The van der Waals surface area contributed by atoms with E-state index in [1.165, 1.54) is 12.1 Å². The van der Waals surface area contributed by atoms with E-state index in [1.807, 2.05) is 34.5 Å². The molecule has 1 saturated heterocycles. The number of hydrogen-bond acceptors (Lipinski definition) is 8. The van der Waals surface area contributed by atoms with Crippen LogP contribution in [0.3, 0.4) is 0 Å². The van der Waals surface area contributed by atoms with Crippen LogP contribution < -0.4 is 9.64 Å². The average Bonchev–Trinajstić information content (AvgIpc) is 3.28. The molecule has 0 saturated carbocycles. The lowest BCUT2D eigenvalue weighted by Crippen LogP contribution is -2.33. The van der Waals surface area contributed by atoms with Crippen molar-refractivity contribution in [2.45, 2.75) is 18.8 Å². The van der Waals surface area contributed by atoms with Crippen molar-refractivity contribution >= 4 is 28.4 Å². The van der Waals surface area contributed by atoms with E-state index in [2.05, 4.69) is 0 Å². The fourth-order valence-corrected chi connectivity index (χ4v) is 4.85. The van der Waals surface area contributed by atoms with Crippen molar-refractivity contribution in [2.24, 2.45) is 0 Å². The van der Waals surface area contributed by atoms with Crippen LogP contribution in [0, 0.1) is 20.2 Å². The fourth-order valence-electron chi connectivity index (χ4n) is 3.86. The SMILES string of the molecule is COc1ccccc1-c1csc(C2CCN(c3ccc([N+](=O)[O-])cc3[N+](=O)[O-])CC2)n1. The Morgan fingerprint density at radius 3 is 2.52 bits per heavy atom. The Balaban J connectivity index is 1.49. The highest BCUT2D eigenvalue weighted by Gasteiger charge is 2.28. The van der Waals surface area contributed by atoms with E-state index in [0.29, 0.717) is 18.8 Å². The van der Waals surface area contributed by atoms with Gasteiger partial charge < -0.3 is 9.64 Å². The summed E-state index contributed by atoms with van der Waals surface area (Å²) in [6.45, 7) is 1.24. The normalized spacial score (nSPS) is 14.4. The number of thiazole rings is 1. The molecule has 0 bridgehead atoms. The number of piperidine rings is 1. The maximum Gasteiger partial charge on any atom is 0.299 e. The first kappa shape index (κ1) is 20.7. The van der Waals surface area contributed by atoms with E-state index in [4.69, 9.17) is 9.72 Å². The number of ether oxygens (including phenoxy) is 1. The van der Waals surface area contributed by atoms with Gasteiger partial charge in [0.2, 0.25) is 0 Å². The third-order valence-electron chi connectivity index (χ3n) is 5.46. The second-order valence-electron chi connectivity index (χ2n) is 7.22. The summed E-state index contributed by atoms with van der Waals surface area (Å²) >= 11 is 1.61. The number of aromatic nitrogens is 1. The standard InChI is InChI=1S/C21H20N4O5S/c1-30-20-5-3-2-4-16(20)17-13-31-21(22-17)14-8-10-23(11-9-14)18-7-6-15(24(26)27)12-19(18)25(28)29/h2-7,12-14H,8-11H2,1H3. The summed E-state index contributed by atoms with van der Waals surface area (Å²) in [7, 11) is 1.64. The molecule has 0 amide bonds. The quantitative estimate of drug-likeness (QED) is 0.391. The Labute approximate surface area is 182 Å². The number of nitrogens with zero attached hydrogens (tertiary/aromatic N) is 4. The predicted molar refractivity (Wildman–Crippen MR) is 118 cm³/mol. The molecule has 0 N–H and O–H groups in total. The van der Waals surface area contributed by atoms with Crippen LogP contribution in [-0.4, -0.2) is 35.0 Å². The number of para-hydroxylation sites is 1. The van der Waals surface area contributed by atoms with E-state index in [9.17, 15) is 20.2 Å². The summed E-state index contributed by atoms with van der Waals surface area (Å²) in [5.41, 5.74) is 1.73. The zero-order chi connectivity index (χ0) is 22.0. The van der Waals surface area contributed by atoms with Gasteiger partial charge >= 0.3 is 0 Å². The minimum atomic E-state index is -0.620. The van der Waals surface area contributed by atoms with Crippen LogP contribution in [0.4, 0.5) is 17.1 Å². The van der Waals surface area contributed by atoms with Gasteiger partial charge in [0.25, 0.3) is 11.4 Å². The lowest BCUT2D eigenvalue weighted by Gasteiger charge is -2.32. The maximum atomic E-state index is 11.5.